The standard InChI is InChI=1S/C2H3O2.Ca.K.Sn.5H/c1-2(3)4;;;;;;;;/h1H2,(H,3,4);;;;;;;;. The molecule has 35 valence electrons. The van der Waals surface area contributed by atoms with E-state index in [2.05, 4.69) is 6.92 Å². The van der Waals surface area contributed by atoms with Gasteiger partial charge in [-0.3, -0.25) is 4.79 Å². The van der Waals surface area contributed by atoms with E-state index in [1.165, 1.54) is 0 Å². The molecule has 5 heteroatoms. The first-order valence-electron chi connectivity index (χ1n) is 0.781. The van der Waals surface area contributed by atoms with Crippen LogP contribution in [0.2, 0.25) is 0 Å². The number of carboxylic acids is 1. The zero-order chi connectivity index (χ0) is 3.58. The Morgan fingerprint density at radius 2 is 1.57 bits per heavy atom. The van der Waals surface area contributed by atoms with Crippen molar-refractivity contribution in [1.82, 2.24) is 0 Å². The van der Waals surface area contributed by atoms with Gasteiger partial charge in [-0.2, -0.15) is 0 Å². The summed E-state index contributed by atoms with van der Waals surface area (Å²) in [6.45, 7) is 2.56. The van der Waals surface area contributed by atoms with Crippen LogP contribution in [0.3, 0.4) is 0 Å². The molecule has 0 aromatic heterocycles. The summed E-state index contributed by atoms with van der Waals surface area (Å²) in [6.07, 6.45) is 0. The molecule has 0 aromatic rings. The zero-order valence-corrected chi connectivity index (χ0v) is 6.81. The van der Waals surface area contributed by atoms with Crippen LogP contribution in [0.15, 0.2) is 0 Å². The van der Waals surface area contributed by atoms with E-state index < -0.39 is 5.97 Å². The Morgan fingerprint density at radius 3 is 1.57 bits per heavy atom. The van der Waals surface area contributed by atoms with Crippen LogP contribution in [0, 0.1) is 6.92 Å². The second-order valence-corrected chi connectivity index (χ2v) is 0.394. The van der Waals surface area contributed by atoms with E-state index in [0.717, 1.165) is 0 Å². The van der Waals surface area contributed by atoms with Crippen molar-refractivity contribution in [2.45, 2.75) is 0 Å². The third-order valence-corrected chi connectivity index (χ3v) is 0. The number of hydrogen-bond donors (Lipinski definition) is 1. The van der Waals surface area contributed by atoms with Crippen LogP contribution in [0.4, 0.5) is 0 Å². The molecule has 0 spiro atoms. The molecule has 0 saturated heterocycles. The number of rotatable bonds is 0. The molecule has 0 saturated carbocycles. The van der Waals surface area contributed by atoms with Crippen molar-refractivity contribution in [1.29, 1.82) is 0 Å². The molecule has 0 amide bonds. The first kappa shape index (κ1) is 22.5. The average Bonchev–Trinajstić information content (AvgIpc) is 0.811. The van der Waals surface area contributed by atoms with Crippen LogP contribution >= 0.6 is 0 Å². The summed E-state index contributed by atoms with van der Waals surface area (Å²) in [5, 5.41) is 7.31. The molecule has 1 N–H and O–H groups in total. The van der Waals surface area contributed by atoms with Gasteiger partial charge in [-0.15, -0.1) is 0 Å². The van der Waals surface area contributed by atoms with Gasteiger partial charge in [0.25, 0.3) is 0 Å². The fourth-order valence-electron chi connectivity index (χ4n) is 0. The Morgan fingerprint density at radius 1 is 1.57 bits per heavy atom. The summed E-state index contributed by atoms with van der Waals surface area (Å²) in [6, 6.07) is 0. The van der Waals surface area contributed by atoms with Crippen molar-refractivity contribution < 1.29 is 9.90 Å². The third kappa shape index (κ3) is 47.0. The number of aliphatic carboxylic acids is 1. The summed E-state index contributed by atoms with van der Waals surface area (Å²) in [7, 11) is 0. The van der Waals surface area contributed by atoms with E-state index in [1.807, 2.05) is 0 Å². The van der Waals surface area contributed by atoms with Crippen molar-refractivity contribution in [3.8, 4) is 0 Å². The molecule has 0 aliphatic rings. The molecule has 0 bridgehead atoms. The quantitative estimate of drug-likeness (QED) is 0.487. The van der Waals surface area contributed by atoms with E-state index in [-0.39, 0.29) is 113 Å². The van der Waals surface area contributed by atoms with Gasteiger partial charge >= 0.3 is 119 Å². The van der Waals surface area contributed by atoms with Crippen LogP contribution in [-0.4, -0.2) is 124 Å². The monoisotopic (exact) mass is 263 g/mol. The Labute approximate surface area is 132 Å². The molecule has 2 nitrogen and oxygen atoms in total. The molecule has 7 heavy (non-hydrogen) atoms. The predicted molar refractivity (Wildman–Crippen MR) is 37.2 cm³/mol. The molecule has 0 aromatic carbocycles. The van der Waals surface area contributed by atoms with E-state index >= 15 is 0 Å². The van der Waals surface area contributed by atoms with Crippen LogP contribution in [-0.2, 0) is 4.79 Å². The van der Waals surface area contributed by atoms with Gasteiger partial charge in [0.05, 0.1) is 6.92 Å². The molecular formula is C2H8CaKO2Sn. The molecule has 0 atom stereocenters. The number of carbonyl (C=O) groups is 1. The Balaban J connectivity index is -0.0000000150. The van der Waals surface area contributed by atoms with Crippen molar-refractivity contribution in [2.75, 3.05) is 0 Å². The van der Waals surface area contributed by atoms with Gasteiger partial charge in [-0.1, -0.05) is 0 Å². The molecular weight excluding hydrogens is 254 g/mol. The van der Waals surface area contributed by atoms with Gasteiger partial charge in [0.2, 0.25) is 0 Å². The maximum absolute atomic E-state index is 8.89. The van der Waals surface area contributed by atoms with Gasteiger partial charge in [-0.25, -0.2) is 0 Å². The molecule has 0 unspecified atom stereocenters. The van der Waals surface area contributed by atoms with E-state index in [1.54, 1.807) is 0 Å². The fraction of sp³-hybridized carbons (Fsp3) is 0. The molecule has 0 aliphatic carbocycles. The molecule has 0 fully saturated rings. The normalized spacial score (nSPS) is 3.57. The minimum absolute atomic E-state index is 0. The van der Waals surface area contributed by atoms with Crippen molar-refractivity contribution in [3.05, 3.63) is 6.92 Å². The zero-order valence-electron chi connectivity index (χ0n) is 2.77. The Bertz CT molecular complexity index is 38.7. The van der Waals surface area contributed by atoms with Crippen LogP contribution in [0.5, 0.6) is 0 Å². The minimum atomic E-state index is -1.08. The molecule has 3 radical (unpaired) electrons. The third-order valence-electron chi connectivity index (χ3n) is 0. The Hall–Kier alpha value is 3.16. The Kier molecular flexibility index (Phi) is 51.6. The van der Waals surface area contributed by atoms with Gasteiger partial charge in [-0.05, 0) is 0 Å². The number of carboxylic acid groups (broad SMARTS) is 1. The van der Waals surface area contributed by atoms with Gasteiger partial charge in [0.1, 0.15) is 0 Å². The van der Waals surface area contributed by atoms with Gasteiger partial charge in [0, 0.05) is 0 Å². The summed E-state index contributed by atoms with van der Waals surface area (Å²) in [5.74, 6) is -1.08. The van der Waals surface area contributed by atoms with E-state index in [4.69, 9.17) is 9.90 Å². The summed E-state index contributed by atoms with van der Waals surface area (Å²) in [4.78, 5) is 8.89. The number of hydrogen-bond acceptors (Lipinski definition) is 1. The second kappa shape index (κ2) is 16.1. The molecule has 0 heterocycles. The summed E-state index contributed by atoms with van der Waals surface area (Å²) in [5.41, 5.74) is 0. The maximum atomic E-state index is 8.89. The first-order valence-corrected chi connectivity index (χ1v) is 0.781. The van der Waals surface area contributed by atoms with Crippen LogP contribution < -0.4 is 0 Å². The molecule has 0 aliphatic heterocycles. The topological polar surface area (TPSA) is 37.3 Å². The van der Waals surface area contributed by atoms with E-state index in [0.29, 0.717) is 0 Å². The fourth-order valence-corrected chi connectivity index (χ4v) is 0. The van der Waals surface area contributed by atoms with Crippen molar-refractivity contribution in [3.63, 3.8) is 0 Å². The summed E-state index contributed by atoms with van der Waals surface area (Å²) >= 11 is 0. The first-order chi connectivity index (χ1) is 1.73. The van der Waals surface area contributed by atoms with Gasteiger partial charge in [0.15, 0.2) is 0 Å². The SMILES string of the molecule is [CH2]C(=O)O.[CaH2].[KH].[SnH2]. The second-order valence-electron chi connectivity index (χ2n) is 0.394. The summed E-state index contributed by atoms with van der Waals surface area (Å²) < 4.78 is 0. The van der Waals surface area contributed by atoms with Crippen molar-refractivity contribution >= 4 is 119 Å². The van der Waals surface area contributed by atoms with E-state index in [9.17, 15) is 0 Å². The predicted octanol–water partition coefficient (Wildman–Crippen LogP) is -2.58. The van der Waals surface area contributed by atoms with Crippen molar-refractivity contribution in [2.24, 2.45) is 0 Å². The van der Waals surface area contributed by atoms with Crippen LogP contribution in [0.25, 0.3) is 0 Å². The van der Waals surface area contributed by atoms with Gasteiger partial charge < -0.3 is 5.11 Å². The average molecular weight is 262 g/mol. The molecule has 0 rings (SSSR count). The van der Waals surface area contributed by atoms with Crippen LogP contribution in [0.1, 0.15) is 0 Å².